The Kier molecular flexibility index (Phi) is 4.97. The predicted molar refractivity (Wildman–Crippen MR) is 75.2 cm³/mol. The van der Waals surface area contributed by atoms with Gasteiger partial charge in [-0.2, -0.15) is 13.2 Å². The molecule has 0 amide bonds. The highest BCUT2D eigenvalue weighted by Crippen LogP contribution is 2.38. The summed E-state index contributed by atoms with van der Waals surface area (Å²) in [6, 6.07) is 9.08. The molecule has 114 valence electrons. The van der Waals surface area contributed by atoms with Crippen molar-refractivity contribution in [1.82, 2.24) is 10.3 Å². The van der Waals surface area contributed by atoms with Gasteiger partial charge in [-0.15, -0.1) is 11.3 Å². The van der Waals surface area contributed by atoms with Gasteiger partial charge in [0.2, 0.25) is 0 Å². The lowest BCUT2D eigenvalue weighted by Crippen LogP contribution is -2.13. The smallest absolute Gasteiger partial charge is 0.370 e. The highest BCUT2D eigenvalue weighted by atomic mass is 32.1. The van der Waals surface area contributed by atoms with E-state index in [1.165, 1.54) is 7.11 Å². The van der Waals surface area contributed by atoms with Crippen LogP contribution in [0, 0.1) is 0 Å². The van der Waals surface area contributed by atoms with Crippen LogP contribution in [0.4, 0.5) is 13.2 Å². The first kappa shape index (κ1) is 15.9. The molecule has 7 heteroatoms. The van der Waals surface area contributed by atoms with Crippen molar-refractivity contribution in [2.45, 2.75) is 18.8 Å². The topological polar surface area (TPSA) is 34.1 Å². The standard InChI is InChI=1S/C14H15F3N2OS/c1-18-8-10-12(14(15,16)17)19-13(21-10)11(20-2)9-6-4-3-5-7-9/h3-7,11,18H,8H2,1-2H3. The highest BCUT2D eigenvalue weighted by Gasteiger charge is 2.38. The van der Waals surface area contributed by atoms with Crippen molar-refractivity contribution in [2.24, 2.45) is 0 Å². The van der Waals surface area contributed by atoms with Gasteiger partial charge in [-0.1, -0.05) is 30.3 Å². The largest absolute Gasteiger partial charge is 0.434 e. The van der Waals surface area contributed by atoms with Crippen molar-refractivity contribution in [3.63, 3.8) is 0 Å². The molecule has 0 aliphatic rings. The maximum absolute atomic E-state index is 13.0. The fourth-order valence-corrected chi connectivity index (χ4v) is 3.19. The first-order valence-corrected chi connectivity index (χ1v) is 7.08. The van der Waals surface area contributed by atoms with E-state index in [0.29, 0.717) is 5.01 Å². The Morgan fingerprint density at radius 3 is 2.48 bits per heavy atom. The van der Waals surface area contributed by atoms with Gasteiger partial charge in [0.15, 0.2) is 5.69 Å². The number of aromatic nitrogens is 1. The van der Waals surface area contributed by atoms with Gasteiger partial charge in [-0.25, -0.2) is 4.98 Å². The van der Waals surface area contributed by atoms with Crippen LogP contribution in [0.5, 0.6) is 0 Å². The molecule has 0 spiro atoms. The molecule has 0 radical (unpaired) electrons. The molecule has 1 N–H and O–H groups in total. The van der Waals surface area contributed by atoms with Crippen molar-refractivity contribution < 1.29 is 17.9 Å². The number of methoxy groups -OCH3 is 1. The molecule has 1 atom stereocenters. The molecular weight excluding hydrogens is 301 g/mol. The Hall–Kier alpha value is -1.44. The number of hydrogen-bond acceptors (Lipinski definition) is 4. The average Bonchev–Trinajstić information content (AvgIpc) is 2.85. The van der Waals surface area contributed by atoms with Gasteiger partial charge in [0.05, 0.1) is 4.88 Å². The van der Waals surface area contributed by atoms with Crippen molar-refractivity contribution in [1.29, 1.82) is 0 Å². The van der Waals surface area contributed by atoms with Crippen LogP contribution in [0.1, 0.15) is 27.2 Å². The van der Waals surface area contributed by atoms with E-state index in [-0.39, 0.29) is 11.4 Å². The third-order valence-electron chi connectivity index (χ3n) is 2.88. The Labute approximate surface area is 124 Å². The maximum atomic E-state index is 13.0. The van der Waals surface area contributed by atoms with Crippen molar-refractivity contribution >= 4 is 11.3 Å². The van der Waals surface area contributed by atoms with Gasteiger partial charge in [-0.05, 0) is 12.6 Å². The van der Waals surface area contributed by atoms with E-state index in [9.17, 15) is 13.2 Å². The summed E-state index contributed by atoms with van der Waals surface area (Å²) in [5, 5.41) is 3.04. The quantitative estimate of drug-likeness (QED) is 0.915. The number of halogens is 3. The molecule has 1 heterocycles. The second kappa shape index (κ2) is 6.55. The van der Waals surface area contributed by atoms with Crippen LogP contribution >= 0.6 is 11.3 Å². The third kappa shape index (κ3) is 3.61. The van der Waals surface area contributed by atoms with Crippen molar-refractivity contribution in [3.05, 3.63) is 51.5 Å². The lowest BCUT2D eigenvalue weighted by atomic mass is 10.1. The van der Waals surface area contributed by atoms with E-state index >= 15 is 0 Å². The molecule has 1 aromatic carbocycles. The zero-order chi connectivity index (χ0) is 15.5. The summed E-state index contributed by atoms with van der Waals surface area (Å²) in [4.78, 5) is 3.94. The lowest BCUT2D eigenvalue weighted by molar-refractivity contribution is -0.141. The lowest BCUT2D eigenvalue weighted by Gasteiger charge is -2.12. The van der Waals surface area contributed by atoms with Gasteiger partial charge < -0.3 is 10.1 Å². The number of thiazole rings is 1. The van der Waals surface area contributed by atoms with Crippen LogP contribution in [0.3, 0.4) is 0 Å². The van der Waals surface area contributed by atoms with Gasteiger partial charge in [-0.3, -0.25) is 0 Å². The number of nitrogens with zero attached hydrogens (tertiary/aromatic N) is 1. The van der Waals surface area contributed by atoms with Crippen LogP contribution in [-0.2, 0) is 17.5 Å². The summed E-state index contributed by atoms with van der Waals surface area (Å²) in [5.41, 5.74) is -0.0617. The fraction of sp³-hybridized carbons (Fsp3) is 0.357. The zero-order valence-electron chi connectivity index (χ0n) is 11.6. The van der Waals surface area contributed by atoms with E-state index in [0.717, 1.165) is 16.9 Å². The van der Waals surface area contributed by atoms with Crippen LogP contribution in [0.2, 0.25) is 0 Å². The average molecular weight is 316 g/mol. The summed E-state index contributed by atoms with van der Waals surface area (Å²) < 4.78 is 44.4. The Morgan fingerprint density at radius 1 is 1.29 bits per heavy atom. The Morgan fingerprint density at radius 2 is 1.95 bits per heavy atom. The maximum Gasteiger partial charge on any atom is 0.434 e. The normalized spacial score (nSPS) is 13.4. The van der Waals surface area contributed by atoms with Crippen LogP contribution < -0.4 is 5.32 Å². The molecule has 3 nitrogen and oxygen atoms in total. The second-order valence-corrected chi connectivity index (χ2v) is 5.49. The molecule has 1 aromatic heterocycles. The second-order valence-electron chi connectivity index (χ2n) is 4.38. The van der Waals surface area contributed by atoms with Crippen LogP contribution in [0.25, 0.3) is 0 Å². The van der Waals surface area contributed by atoms with Gasteiger partial charge in [0, 0.05) is 13.7 Å². The number of hydrogen-bond donors (Lipinski definition) is 1. The summed E-state index contributed by atoms with van der Waals surface area (Å²) >= 11 is 1.02. The van der Waals surface area contributed by atoms with E-state index in [2.05, 4.69) is 10.3 Å². The highest BCUT2D eigenvalue weighted by molar-refractivity contribution is 7.11. The van der Waals surface area contributed by atoms with Gasteiger partial charge in [0.25, 0.3) is 0 Å². The minimum atomic E-state index is -4.46. The van der Waals surface area contributed by atoms with Gasteiger partial charge in [0.1, 0.15) is 11.1 Å². The van der Waals surface area contributed by atoms with Crippen molar-refractivity contribution in [3.8, 4) is 0 Å². The summed E-state index contributed by atoms with van der Waals surface area (Å²) in [6.45, 7) is 0.123. The summed E-state index contributed by atoms with van der Waals surface area (Å²) in [7, 11) is 3.06. The van der Waals surface area contributed by atoms with Crippen LogP contribution in [-0.4, -0.2) is 19.1 Å². The molecule has 0 aliphatic carbocycles. The zero-order valence-corrected chi connectivity index (χ0v) is 12.4. The Bertz CT molecular complexity index is 584. The molecule has 0 fully saturated rings. The fourth-order valence-electron chi connectivity index (χ4n) is 1.99. The summed E-state index contributed by atoms with van der Waals surface area (Å²) in [6.07, 6.45) is -5.06. The number of alkyl halides is 3. The molecule has 2 aromatic rings. The number of nitrogens with one attached hydrogen (secondary N) is 1. The predicted octanol–water partition coefficient (Wildman–Crippen LogP) is 3.62. The number of ether oxygens (including phenoxy) is 1. The molecule has 0 saturated carbocycles. The summed E-state index contributed by atoms with van der Waals surface area (Å²) in [5.74, 6) is 0. The van der Waals surface area contributed by atoms with E-state index < -0.39 is 18.0 Å². The third-order valence-corrected chi connectivity index (χ3v) is 3.98. The number of rotatable bonds is 5. The Balaban J connectivity index is 2.43. The molecular formula is C14H15F3N2OS. The first-order chi connectivity index (χ1) is 9.97. The van der Waals surface area contributed by atoms with Crippen LogP contribution in [0.15, 0.2) is 30.3 Å². The molecule has 1 unspecified atom stereocenters. The van der Waals surface area contributed by atoms with E-state index in [4.69, 9.17) is 4.74 Å². The number of benzene rings is 1. The minimum absolute atomic E-state index is 0.123. The molecule has 2 rings (SSSR count). The molecule has 0 bridgehead atoms. The SMILES string of the molecule is CNCc1sc(C(OC)c2ccccc2)nc1C(F)(F)F. The van der Waals surface area contributed by atoms with Crippen molar-refractivity contribution in [2.75, 3.05) is 14.2 Å². The first-order valence-electron chi connectivity index (χ1n) is 6.26. The molecule has 0 aliphatic heterocycles. The molecule has 21 heavy (non-hydrogen) atoms. The van der Waals surface area contributed by atoms with E-state index in [1.54, 1.807) is 19.2 Å². The van der Waals surface area contributed by atoms with E-state index in [1.807, 2.05) is 18.2 Å². The minimum Gasteiger partial charge on any atom is -0.370 e. The van der Waals surface area contributed by atoms with Gasteiger partial charge >= 0.3 is 6.18 Å². The monoisotopic (exact) mass is 316 g/mol. The molecule has 0 saturated heterocycles.